The second-order valence-electron chi connectivity index (χ2n) is 4.89. The number of hydrogen-bond acceptors (Lipinski definition) is 3. The van der Waals surface area contributed by atoms with Gasteiger partial charge in [0.2, 0.25) is 5.91 Å². The number of nitrogens with two attached hydrogens (primary N) is 1. The molecule has 3 atom stereocenters. The summed E-state index contributed by atoms with van der Waals surface area (Å²) in [5, 5.41) is 9.01. The summed E-state index contributed by atoms with van der Waals surface area (Å²) in [7, 11) is 0. The van der Waals surface area contributed by atoms with Crippen molar-refractivity contribution in [1.29, 1.82) is 5.26 Å². The first-order valence-corrected chi connectivity index (χ1v) is 5.94. The van der Waals surface area contributed by atoms with Gasteiger partial charge in [0.25, 0.3) is 0 Å². The van der Waals surface area contributed by atoms with Crippen LogP contribution in [-0.2, 0) is 4.79 Å². The van der Waals surface area contributed by atoms with Crippen LogP contribution in [0.25, 0.3) is 0 Å². The number of terminal acetylenes is 1. The topological polar surface area (TPSA) is 70.1 Å². The number of carbonyl (C=O) groups is 1. The molecule has 1 amide bonds. The number of nitriles is 1. The van der Waals surface area contributed by atoms with Crippen LogP contribution in [-0.4, -0.2) is 28.9 Å². The highest BCUT2D eigenvalue weighted by molar-refractivity contribution is 5.83. The van der Waals surface area contributed by atoms with Gasteiger partial charge in [-0.05, 0) is 25.2 Å². The Morgan fingerprint density at radius 2 is 2.12 bits per heavy atom. The number of hydrogen-bond donors (Lipinski definition) is 1. The van der Waals surface area contributed by atoms with Crippen LogP contribution in [0, 0.1) is 29.6 Å². The monoisotopic (exact) mass is 233 g/mol. The Hall–Kier alpha value is -1.52. The third kappa shape index (κ3) is 2.99. The lowest BCUT2D eigenvalue weighted by molar-refractivity contribution is -0.134. The van der Waals surface area contributed by atoms with Crippen LogP contribution in [0.2, 0.25) is 0 Å². The summed E-state index contributed by atoms with van der Waals surface area (Å²) in [6.07, 6.45) is 7.34. The van der Waals surface area contributed by atoms with E-state index in [1.54, 1.807) is 0 Å². The largest absolute Gasteiger partial charge is 0.320 e. The molecule has 0 aliphatic carbocycles. The molecular formula is C13H19N3O. The van der Waals surface area contributed by atoms with E-state index in [1.807, 2.05) is 13.8 Å². The molecule has 0 spiro atoms. The maximum absolute atomic E-state index is 12.2. The van der Waals surface area contributed by atoms with Crippen LogP contribution in [0.1, 0.15) is 33.1 Å². The van der Waals surface area contributed by atoms with E-state index in [-0.39, 0.29) is 11.9 Å². The minimum atomic E-state index is -0.556. The van der Waals surface area contributed by atoms with E-state index < -0.39 is 12.1 Å². The van der Waals surface area contributed by atoms with E-state index in [9.17, 15) is 4.79 Å². The van der Waals surface area contributed by atoms with Gasteiger partial charge < -0.3 is 10.6 Å². The molecule has 4 heteroatoms. The molecule has 2 N–H and O–H groups in total. The van der Waals surface area contributed by atoms with Gasteiger partial charge in [-0.3, -0.25) is 4.79 Å². The summed E-state index contributed by atoms with van der Waals surface area (Å²) in [5.41, 5.74) is 5.86. The predicted octanol–water partition coefficient (Wildman–Crippen LogP) is 0.876. The lowest BCUT2D eigenvalue weighted by Crippen LogP contribution is -2.49. The first-order chi connectivity index (χ1) is 8.01. The van der Waals surface area contributed by atoms with Crippen molar-refractivity contribution in [1.82, 2.24) is 4.90 Å². The smallest absolute Gasteiger partial charge is 0.241 e. The molecule has 1 heterocycles. The molecular weight excluding hydrogens is 214 g/mol. The third-order valence-corrected chi connectivity index (χ3v) is 3.02. The molecule has 1 fully saturated rings. The van der Waals surface area contributed by atoms with Crippen LogP contribution >= 0.6 is 0 Å². The Balaban J connectivity index is 2.78. The van der Waals surface area contributed by atoms with Crippen molar-refractivity contribution in [3.8, 4) is 18.4 Å². The van der Waals surface area contributed by atoms with Crippen molar-refractivity contribution in [3.05, 3.63) is 0 Å². The van der Waals surface area contributed by atoms with Gasteiger partial charge in [0.05, 0.1) is 18.2 Å². The molecule has 0 radical (unpaired) electrons. The zero-order chi connectivity index (χ0) is 13.0. The van der Waals surface area contributed by atoms with Gasteiger partial charge in [0.15, 0.2) is 0 Å². The summed E-state index contributed by atoms with van der Waals surface area (Å²) < 4.78 is 0. The van der Waals surface area contributed by atoms with Crippen molar-refractivity contribution in [2.45, 2.75) is 51.2 Å². The van der Waals surface area contributed by atoms with Crippen molar-refractivity contribution in [2.24, 2.45) is 11.7 Å². The average Bonchev–Trinajstić information content (AvgIpc) is 2.69. The minimum Gasteiger partial charge on any atom is -0.320 e. The summed E-state index contributed by atoms with van der Waals surface area (Å²) in [5.74, 6) is 2.73. The first kappa shape index (κ1) is 13.5. The molecule has 0 saturated carbocycles. The number of rotatable bonds is 3. The summed E-state index contributed by atoms with van der Waals surface area (Å²) in [6, 6.07) is 0.878. The van der Waals surface area contributed by atoms with Gasteiger partial charge in [-0.25, -0.2) is 0 Å². The van der Waals surface area contributed by atoms with Gasteiger partial charge in [-0.15, -0.1) is 6.42 Å². The van der Waals surface area contributed by atoms with E-state index in [0.717, 1.165) is 0 Å². The molecule has 1 aliphatic heterocycles. The summed E-state index contributed by atoms with van der Waals surface area (Å²) in [4.78, 5) is 13.7. The van der Waals surface area contributed by atoms with E-state index in [1.165, 1.54) is 4.90 Å². The Labute approximate surface area is 103 Å². The highest BCUT2D eigenvalue weighted by atomic mass is 16.2. The molecule has 1 saturated heterocycles. The van der Waals surface area contributed by atoms with Crippen molar-refractivity contribution < 1.29 is 4.79 Å². The zero-order valence-corrected chi connectivity index (χ0v) is 10.4. The lowest BCUT2D eigenvalue weighted by Gasteiger charge is -2.27. The van der Waals surface area contributed by atoms with E-state index in [2.05, 4.69) is 12.0 Å². The van der Waals surface area contributed by atoms with Crippen molar-refractivity contribution in [2.75, 3.05) is 0 Å². The number of amides is 1. The second kappa shape index (κ2) is 5.70. The van der Waals surface area contributed by atoms with Gasteiger partial charge in [-0.1, -0.05) is 19.8 Å². The van der Waals surface area contributed by atoms with Crippen molar-refractivity contribution >= 4 is 5.91 Å². The SMILES string of the molecule is C#C[C@H]1CC[C@@H](C#N)N1C(=O)[C@@H](N)CC(C)C. The molecule has 1 aliphatic rings. The normalized spacial score (nSPS) is 25.4. The highest BCUT2D eigenvalue weighted by Gasteiger charge is 2.38. The highest BCUT2D eigenvalue weighted by Crippen LogP contribution is 2.24. The second-order valence-corrected chi connectivity index (χ2v) is 4.89. The molecule has 4 nitrogen and oxygen atoms in total. The Morgan fingerprint density at radius 1 is 1.53 bits per heavy atom. The fourth-order valence-corrected chi connectivity index (χ4v) is 2.21. The zero-order valence-electron chi connectivity index (χ0n) is 10.4. The van der Waals surface area contributed by atoms with Crippen LogP contribution in [0.15, 0.2) is 0 Å². The van der Waals surface area contributed by atoms with E-state index in [4.69, 9.17) is 17.4 Å². The molecule has 0 bridgehead atoms. The van der Waals surface area contributed by atoms with Crippen LogP contribution in [0.4, 0.5) is 0 Å². The Kier molecular flexibility index (Phi) is 4.54. The Bertz CT molecular complexity index is 342. The van der Waals surface area contributed by atoms with E-state index in [0.29, 0.717) is 25.2 Å². The maximum Gasteiger partial charge on any atom is 0.241 e. The number of carbonyl (C=O) groups excluding carboxylic acids is 1. The molecule has 17 heavy (non-hydrogen) atoms. The van der Waals surface area contributed by atoms with Crippen LogP contribution < -0.4 is 5.73 Å². The third-order valence-electron chi connectivity index (χ3n) is 3.02. The molecule has 0 aromatic carbocycles. The lowest BCUT2D eigenvalue weighted by atomic mass is 10.0. The predicted molar refractivity (Wildman–Crippen MR) is 65.5 cm³/mol. The molecule has 0 aromatic heterocycles. The molecule has 0 aromatic rings. The maximum atomic E-state index is 12.2. The molecule has 1 rings (SSSR count). The molecule has 92 valence electrons. The summed E-state index contributed by atoms with van der Waals surface area (Å²) >= 11 is 0. The number of nitrogens with zero attached hydrogens (tertiary/aromatic N) is 2. The fourth-order valence-electron chi connectivity index (χ4n) is 2.21. The van der Waals surface area contributed by atoms with Gasteiger partial charge >= 0.3 is 0 Å². The van der Waals surface area contributed by atoms with Gasteiger partial charge in [0, 0.05) is 0 Å². The van der Waals surface area contributed by atoms with Crippen molar-refractivity contribution in [3.63, 3.8) is 0 Å². The van der Waals surface area contributed by atoms with Gasteiger partial charge in [0.1, 0.15) is 6.04 Å². The standard InChI is InChI=1S/C13H19N3O/c1-4-10-5-6-11(8-14)16(10)13(17)12(15)7-9(2)3/h1,9-12H,5-7,15H2,2-3H3/t10-,11-,12-/m0/s1. The summed E-state index contributed by atoms with van der Waals surface area (Å²) in [6.45, 7) is 4.02. The quantitative estimate of drug-likeness (QED) is 0.735. The average molecular weight is 233 g/mol. The van der Waals surface area contributed by atoms with Crippen LogP contribution in [0.3, 0.4) is 0 Å². The first-order valence-electron chi connectivity index (χ1n) is 5.94. The van der Waals surface area contributed by atoms with Crippen LogP contribution in [0.5, 0.6) is 0 Å². The molecule has 0 unspecified atom stereocenters. The van der Waals surface area contributed by atoms with E-state index >= 15 is 0 Å². The number of likely N-dealkylation sites (tertiary alicyclic amines) is 1. The van der Waals surface area contributed by atoms with Gasteiger partial charge in [-0.2, -0.15) is 5.26 Å². The minimum absolute atomic E-state index is 0.189. The fraction of sp³-hybridized carbons (Fsp3) is 0.692. The Morgan fingerprint density at radius 3 is 2.59 bits per heavy atom.